The number of hydrogen-bond acceptors (Lipinski definition) is 5. The van der Waals surface area contributed by atoms with Crippen molar-refractivity contribution < 1.29 is 23.8 Å². The molecule has 0 aliphatic rings. The average molecular weight is 336 g/mol. The standard InChI is InChI=1S/C16H17FN2O5/c1-2-24-14(20)6-4-3-5-11-15(21)19-13-8-10(17)9(16(22)23)7-12(13)18-11/h7-8H,2-6H2,1H3,(H,19,21)(H,22,23). The molecule has 0 saturated heterocycles. The van der Waals surface area contributed by atoms with Crippen LogP contribution in [-0.4, -0.2) is 33.6 Å². The molecule has 2 rings (SSSR count). The number of carboxylic acids is 1. The zero-order valence-corrected chi connectivity index (χ0v) is 13.1. The number of fused-ring (bicyclic) bond motifs is 1. The number of aryl methyl sites for hydroxylation is 1. The fraction of sp³-hybridized carbons (Fsp3) is 0.375. The van der Waals surface area contributed by atoms with Gasteiger partial charge in [0.15, 0.2) is 0 Å². The number of aromatic amines is 1. The lowest BCUT2D eigenvalue weighted by molar-refractivity contribution is -0.143. The third kappa shape index (κ3) is 4.15. The lowest BCUT2D eigenvalue weighted by Gasteiger charge is -2.05. The van der Waals surface area contributed by atoms with Gasteiger partial charge in [0.05, 0.1) is 23.2 Å². The molecule has 128 valence electrons. The zero-order chi connectivity index (χ0) is 17.7. The highest BCUT2D eigenvalue weighted by Crippen LogP contribution is 2.16. The summed E-state index contributed by atoms with van der Waals surface area (Å²) in [6, 6.07) is 2.03. The first-order valence-corrected chi connectivity index (χ1v) is 7.53. The van der Waals surface area contributed by atoms with Crippen LogP contribution in [0.2, 0.25) is 0 Å². The van der Waals surface area contributed by atoms with Crippen molar-refractivity contribution in [2.45, 2.75) is 32.6 Å². The molecule has 2 aromatic rings. The highest BCUT2D eigenvalue weighted by atomic mass is 19.1. The smallest absolute Gasteiger partial charge is 0.338 e. The number of carboxylic acid groups (broad SMARTS) is 1. The Morgan fingerprint density at radius 1 is 1.33 bits per heavy atom. The van der Waals surface area contributed by atoms with Crippen LogP contribution in [0.25, 0.3) is 11.0 Å². The van der Waals surface area contributed by atoms with E-state index in [1.807, 2.05) is 0 Å². The summed E-state index contributed by atoms with van der Waals surface area (Å²) in [4.78, 5) is 40.8. The molecular weight excluding hydrogens is 319 g/mol. The van der Waals surface area contributed by atoms with Crippen molar-refractivity contribution >= 4 is 23.0 Å². The van der Waals surface area contributed by atoms with Crippen LogP contribution in [-0.2, 0) is 16.0 Å². The molecular formula is C16H17FN2O5. The number of nitrogens with zero attached hydrogens (tertiary/aromatic N) is 1. The molecule has 2 N–H and O–H groups in total. The Labute approximate surface area is 136 Å². The average Bonchev–Trinajstić information content (AvgIpc) is 2.51. The number of hydrogen-bond donors (Lipinski definition) is 2. The number of benzene rings is 1. The van der Waals surface area contributed by atoms with Crippen molar-refractivity contribution in [3.05, 3.63) is 39.6 Å². The van der Waals surface area contributed by atoms with Crippen LogP contribution >= 0.6 is 0 Å². The van der Waals surface area contributed by atoms with E-state index in [1.54, 1.807) is 6.92 Å². The summed E-state index contributed by atoms with van der Waals surface area (Å²) in [5.41, 5.74) is -0.405. The van der Waals surface area contributed by atoms with Crippen molar-refractivity contribution in [2.75, 3.05) is 6.61 Å². The monoisotopic (exact) mass is 336 g/mol. The molecule has 24 heavy (non-hydrogen) atoms. The molecule has 0 aliphatic heterocycles. The Hall–Kier alpha value is -2.77. The van der Waals surface area contributed by atoms with Crippen molar-refractivity contribution in [1.29, 1.82) is 0 Å². The Bertz CT molecular complexity index is 831. The minimum absolute atomic E-state index is 0.137. The summed E-state index contributed by atoms with van der Waals surface area (Å²) in [5, 5.41) is 8.93. The summed E-state index contributed by atoms with van der Waals surface area (Å²) in [5.74, 6) is -2.63. The van der Waals surface area contributed by atoms with E-state index in [4.69, 9.17) is 9.84 Å². The quantitative estimate of drug-likeness (QED) is 0.591. The predicted octanol–water partition coefficient (Wildman–Crippen LogP) is 2.04. The summed E-state index contributed by atoms with van der Waals surface area (Å²) in [6.45, 7) is 2.05. The predicted molar refractivity (Wildman–Crippen MR) is 83.5 cm³/mol. The van der Waals surface area contributed by atoms with Crippen LogP contribution in [0.15, 0.2) is 16.9 Å². The summed E-state index contributed by atoms with van der Waals surface area (Å²) in [6.07, 6.45) is 1.67. The fourth-order valence-corrected chi connectivity index (χ4v) is 2.27. The summed E-state index contributed by atoms with van der Waals surface area (Å²) in [7, 11) is 0. The van der Waals surface area contributed by atoms with Crippen LogP contribution in [0.5, 0.6) is 0 Å². The molecule has 0 aliphatic carbocycles. The van der Waals surface area contributed by atoms with Gasteiger partial charge in [-0.2, -0.15) is 0 Å². The van der Waals surface area contributed by atoms with Gasteiger partial charge in [-0.15, -0.1) is 0 Å². The third-order valence-electron chi connectivity index (χ3n) is 3.43. The second-order valence-corrected chi connectivity index (χ2v) is 5.18. The number of halogens is 1. The number of aromatic nitrogens is 2. The maximum atomic E-state index is 13.6. The first-order chi connectivity index (χ1) is 11.4. The van der Waals surface area contributed by atoms with Gasteiger partial charge in [0.2, 0.25) is 0 Å². The minimum atomic E-state index is -1.40. The molecule has 1 heterocycles. The van der Waals surface area contributed by atoms with Gasteiger partial charge in [-0.3, -0.25) is 9.59 Å². The van der Waals surface area contributed by atoms with E-state index in [2.05, 4.69) is 9.97 Å². The molecule has 8 heteroatoms. The Morgan fingerprint density at radius 2 is 2.08 bits per heavy atom. The van der Waals surface area contributed by atoms with Crippen molar-refractivity contribution in [2.24, 2.45) is 0 Å². The van der Waals surface area contributed by atoms with E-state index < -0.39 is 22.9 Å². The summed E-state index contributed by atoms with van der Waals surface area (Å²) >= 11 is 0. The number of ether oxygens (including phenoxy) is 1. The molecule has 0 radical (unpaired) electrons. The Morgan fingerprint density at radius 3 is 2.75 bits per heavy atom. The molecule has 1 aromatic heterocycles. The second-order valence-electron chi connectivity index (χ2n) is 5.18. The lowest BCUT2D eigenvalue weighted by atomic mass is 10.1. The van der Waals surface area contributed by atoms with E-state index in [1.165, 1.54) is 0 Å². The van der Waals surface area contributed by atoms with E-state index in [-0.39, 0.29) is 29.1 Å². The number of carbonyl (C=O) groups excluding carboxylic acids is 1. The van der Waals surface area contributed by atoms with Gasteiger partial charge >= 0.3 is 11.9 Å². The summed E-state index contributed by atoms with van der Waals surface area (Å²) < 4.78 is 18.4. The first-order valence-electron chi connectivity index (χ1n) is 7.53. The normalized spacial score (nSPS) is 10.8. The van der Waals surface area contributed by atoms with Crippen LogP contribution in [0, 0.1) is 5.82 Å². The SMILES string of the molecule is CCOC(=O)CCCCc1nc2cc(C(=O)O)c(F)cc2[nH]c1=O. The van der Waals surface area contributed by atoms with Crippen LogP contribution < -0.4 is 5.56 Å². The van der Waals surface area contributed by atoms with Gasteiger partial charge in [0.25, 0.3) is 5.56 Å². The molecule has 0 fully saturated rings. The number of nitrogens with one attached hydrogen (secondary N) is 1. The van der Waals surface area contributed by atoms with E-state index >= 15 is 0 Å². The second kappa shape index (κ2) is 7.67. The van der Waals surface area contributed by atoms with Crippen LogP contribution in [0.3, 0.4) is 0 Å². The molecule has 0 amide bonds. The lowest BCUT2D eigenvalue weighted by Crippen LogP contribution is -2.16. The van der Waals surface area contributed by atoms with Crippen molar-refractivity contribution in [3.63, 3.8) is 0 Å². The molecule has 0 bridgehead atoms. The van der Waals surface area contributed by atoms with Crippen molar-refractivity contribution in [3.8, 4) is 0 Å². The third-order valence-corrected chi connectivity index (χ3v) is 3.43. The van der Waals surface area contributed by atoms with Crippen LogP contribution in [0.4, 0.5) is 4.39 Å². The minimum Gasteiger partial charge on any atom is -0.478 e. The van der Waals surface area contributed by atoms with E-state index in [0.717, 1.165) is 12.1 Å². The highest BCUT2D eigenvalue weighted by molar-refractivity contribution is 5.92. The van der Waals surface area contributed by atoms with Gasteiger partial charge in [-0.25, -0.2) is 14.2 Å². The molecule has 7 nitrogen and oxygen atoms in total. The molecule has 0 saturated carbocycles. The largest absolute Gasteiger partial charge is 0.478 e. The number of carbonyl (C=O) groups is 2. The molecule has 1 aromatic carbocycles. The number of esters is 1. The van der Waals surface area contributed by atoms with Gasteiger partial charge < -0.3 is 14.8 Å². The first kappa shape index (κ1) is 17.6. The highest BCUT2D eigenvalue weighted by Gasteiger charge is 2.14. The Kier molecular flexibility index (Phi) is 5.62. The van der Waals surface area contributed by atoms with Crippen LogP contribution in [0.1, 0.15) is 42.2 Å². The molecule has 0 unspecified atom stereocenters. The van der Waals surface area contributed by atoms with E-state index in [0.29, 0.717) is 25.9 Å². The van der Waals surface area contributed by atoms with Gasteiger partial charge in [-0.05, 0) is 32.3 Å². The molecule has 0 spiro atoms. The van der Waals surface area contributed by atoms with Gasteiger partial charge in [0, 0.05) is 12.5 Å². The number of rotatable bonds is 7. The fourth-order valence-electron chi connectivity index (χ4n) is 2.27. The van der Waals surface area contributed by atoms with Gasteiger partial charge in [-0.1, -0.05) is 0 Å². The maximum Gasteiger partial charge on any atom is 0.338 e. The zero-order valence-electron chi connectivity index (χ0n) is 13.1. The number of H-pyrrole nitrogens is 1. The van der Waals surface area contributed by atoms with Crippen molar-refractivity contribution in [1.82, 2.24) is 9.97 Å². The number of unbranched alkanes of at least 4 members (excludes halogenated alkanes) is 1. The van der Waals surface area contributed by atoms with Gasteiger partial charge in [0.1, 0.15) is 11.5 Å². The molecule has 0 atom stereocenters. The topological polar surface area (TPSA) is 109 Å². The number of aromatic carboxylic acids is 1. The Balaban J connectivity index is 2.14. The maximum absolute atomic E-state index is 13.6. The van der Waals surface area contributed by atoms with E-state index in [9.17, 15) is 18.8 Å².